The lowest BCUT2D eigenvalue weighted by Gasteiger charge is -2.30. The molecule has 0 saturated heterocycles. The molecular weight excluding hydrogens is 324 g/mol. The number of likely N-dealkylation sites (N-methyl/N-ethyl adjacent to an activating group) is 1. The fourth-order valence-corrected chi connectivity index (χ4v) is 3.71. The van der Waals surface area contributed by atoms with Crippen LogP contribution in [0, 0.1) is 13.8 Å². The predicted molar refractivity (Wildman–Crippen MR) is 107 cm³/mol. The van der Waals surface area contributed by atoms with E-state index in [2.05, 4.69) is 54.4 Å². The standard InChI is InChI=1S/C22H30N2O2/c1-15-7-6-8-16(2)21(15)22-18-14-20(26-12-11-24(3)4)19(25-5)13-17(18)9-10-23-22/h6-8,13-14,22-23H,9-12H2,1-5H3. The summed E-state index contributed by atoms with van der Waals surface area (Å²) in [4.78, 5) is 2.12. The van der Waals surface area contributed by atoms with E-state index in [0.717, 1.165) is 31.0 Å². The summed E-state index contributed by atoms with van der Waals surface area (Å²) in [7, 11) is 5.81. The van der Waals surface area contributed by atoms with Crippen LogP contribution in [0.3, 0.4) is 0 Å². The van der Waals surface area contributed by atoms with Gasteiger partial charge in [-0.3, -0.25) is 0 Å². The Morgan fingerprint density at radius 2 is 1.85 bits per heavy atom. The molecular formula is C22H30N2O2. The lowest BCUT2D eigenvalue weighted by molar-refractivity contribution is 0.250. The molecule has 26 heavy (non-hydrogen) atoms. The number of hydrogen-bond donors (Lipinski definition) is 1. The van der Waals surface area contributed by atoms with Crippen molar-refractivity contribution in [1.82, 2.24) is 10.2 Å². The summed E-state index contributed by atoms with van der Waals surface area (Å²) in [5, 5.41) is 3.71. The first kappa shape index (κ1) is 18.7. The zero-order valence-electron chi connectivity index (χ0n) is 16.6. The van der Waals surface area contributed by atoms with E-state index < -0.39 is 0 Å². The number of ether oxygens (including phenoxy) is 2. The molecule has 1 atom stereocenters. The molecule has 2 aromatic carbocycles. The molecule has 0 bridgehead atoms. The third kappa shape index (κ3) is 3.87. The first-order chi connectivity index (χ1) is 12.5. The van der Waals surface area contributed by atoms with Crippen LogP contribution >= 0.6 is 0 Å². The Hall–Kier alpha value is -2.04. The normalized spacial score (nSPS) is 16.5. The van der Waals surface area contributed by atoms with Gasteiger partial charge in [0, 0.05) is 13.1 Å². The van der Waals surface area contributed by atoms with Crippen molar-refractivity contribution in [2.24, 2.45) is 0 Å². The molecule has 4 nitrogen and oxygen atoms in total. The lowest BCUT2D eigenvalue weighted by atomic mass is 9.85. The average Bonchev–Trinajstić information content (AvgIpc) is 2.61. The molecule has 0 aliphatic carbocycles. The molecule has 2 aromatic rings. The smallest absolute Gasteiger partial charge is 0.161 e. The quantitative estimate of drug-likeness (QED) is 0.861. The number of hydrogen-bond acceptors (Lipinski definition) is 4. The number of nitrogens with zero attached hydrogens (tertiary/aromatic N) is 1. The van der Waals surface area contributed by atoms with Gasteiger partial charge in [-0.2, -0.15) is 0 Å². The zero-order valence-corrected chi connectivity index (χ0v) is 16.6. The first-order valence-electron chi connectivity index (χ1n) is 9.29. The highest BCUT2D eigenvalue weighted by molar-refractivity contribution is 5.53. The van der Waals surface area contributed by atoms with Crippen LogP contribution in [-0.4, -0.2) is 45.8 Å². The molecule has 0 amide bonds. The molecule has 0 spiro atoms. The molecule has 0 aromatic heterocycles. The minimum atomic E-state index is 0.196. The van der Waals surface area contributed by atoms with Gasteiger partial charge >= 0.3 is 0 Å². The van der Waals surface area contributed by atoms with Gasteiger partial charge in [-0.15, -0.1) is 0 Å². The molecule has 0 fully saturated rings. The predicted octanol–water partition coefficient (Wildman–Crippen LogP) is 3.49. The Morgan fingerprint density at radius 3 is 2.50 bits per heavy atom. The Bertz CT molecular complexity index is 751. The minimum absolute atomic E-state index is 0.196. The summed E-state index contributed by atoms with van der Waals surface area (Å²) in [5.41, 5.74) is 6.66. The van der Waals surface area contributed by atoms with Crippen LogP contribution in [0.15, 0.2) is 30.3 Å². The van der Waals surface area contributed by atoms with Crippen molar-refractivity contribution >= 4 is 0 Å². The Morgan fingerprint density at radius 1 is 1.12 bits per heavy atom. The van der Waals surface area contributed by atoms with Crippen molar-refractivity contribution in [3.05, 3.63) is 58.1 Å². The topological polar surface area (TPSA) is 33.7 Å². The maximum atomic E-state index is 6.06. The summed E-state index contributed by atoms with van der Waals surface area (Å²) >= 11 is 0. The van der Waals surface area contributed by atoms with Crippen LogP contribution in [0.5, 0.6) is 11.5 Å². The summed E-state index contributed by atoms with van der Waals surface area (Å²) in [6.45, 7) is 6.87. The van der Waals surface area contributed by atoms with Crippen LogP contribution < -0.4 is 14.8 Å². The molecule has 4 heteroatoms. The highest BCUT2D eigenvalue weighted by atomic mass is 16.5. The molecule has 3 rings (SSSR count). The van der Waals surface area contributed by atoms with E-state index in [-0.39, 0.29) is 6.04 Å². The molecule has 1 N–H and O–H groups in total. The van der Waals surface area contributed by atoms with Crippen LogP contribution in [-0.2, 0) is 6.42 Å². The van der Waals surface area contributed by atoms with Crippen molar-refractivity contribution in [3.8, 4) is 11.5 Å². The van der Waals surface area contributed by atoms with Crippen molar-refractivity contribution in [1.29, 1.82) is 0 Å². The second-order valence-corrected chi connectivity index (χ2v) is 7.30. The molecule has 0 saturated carbocycles. The maximum absolute atomic E-state index is 6.06. The van der Waals surface area contributed by atoms with E-state index in [1.54, 1.807) is 7.11 Å². The van der Waals surface area contributed by atoms with E-state index in [9.17, 15) is 0 Å². The van der Waals surface area contributed by atoms with Gasteiger partial charge in [0.1, 0.15) is 6.61 Å². The third-order valence-electron chi connectivity index (χ3n) is 5.11. The molecule has 140 valence electrons. The van der Waals surface area contributed by atoms with Gasteiger partial charge in [-0.1, -0.05) is 18.2 Å². The summed E-state index contributed by atoms with van der Waals surface area (Å²) in [5.74, 6) is 1.65. The molecule has 1 unspecified atom stereocenters. The van der Waals surface area contributed by atoms with E-state index >= 15 is 0 Å². The number of methoxy groups -OCH3 is 1. The molecule has 0 radical (unpaired) electrons. The van der Waals surface area contributed by atoms with Crippen molar-refractivity contribution < 1.29 is 9.47 Å². The van der Waals surface area contributed by atoms with Gasteiger partial charge in [0.25, 0.3) is 0 Å². The third-order valence-corrected chi connectivity index (χ3v) is 5.11. The van der Waals surface area contributed by atoms with Crippen molar-refractivity contribution in [2.45, 2.75) is 26.3 Å². The SMILES string of the molecule is COc1cc2c(cc1OCCN(C)C)C(c1c(C)cccc1C)NCC2. The number of fused-ring (bicyclic) bond motifs is 1. The fraction of sp³-hybridized carbons (Fsp3) is 0.455. The fourth-order valence-electron chi connectivity index (χ4n) is 3.71. The number of rotatable bonds is 6. The molecule has 1 aliphatic heterocycles. The second kappa shape index (κ2) is 8.11. The summed E-state index contributed by atoms with van der Waals surface area (Å²) in [6, 6.07) is 11.0. The Kier molecular flexibility index (Phi) is 5.84. The van der Waals surface area contributed by atoms with Crippen LogP contribution in [0.2, 0.25) is 0 Å². The van der Waals surface area contributed by atoms with Crippen molar-refractivity contribution in [2.75, 3.05) is 40.9 Å². The van der Waals surface area contributed by atoms with Crippen LogP contribution in [0.25, 0.3) is 0 Å². The maximum Gasteiger partial charge on any atom is 0.161 e. The van der Waals surface area contributed by atoms with E-state index in [1.807, 2.05) is 14.1 Å². The molecule has 1 aliphatic rings. The average molecular weight is 354 g/mol. The van der Waals surface area contributed by atoms with Gasteiger partial charge in [0.05, 0.1) is 13.2 Å². The van der Waals surface area contributed by atoms with Gasteiger partial charge in [-0.25, -0.2) is 0 Å². The zero-order chi connectivity index (χ0) is 18.7. The number of nitrogens with one attached hydrogen (secondary N) is 1. The molecule has 1 heterocycles. The highest BCUT2D eigenvalue weighted by Gasteiger charge is 2.26. The Labute approximate surface area is 157 Å². The largest absolute Gasteiger partial charge is 0.493 e. The summed E-state index contributed by atoms with van der Waals surface area (Å²) in [6.07, 6.45) is 1.01. The number of benzene rings is 2. The number of aryl methyl sites for hydroxylation is 2. The summed E-state index contributed by atoms with van der Waals surface area (Å²) < 4.78 is 11.7. The van der Waals surface area contributed by atoms with Gasteiger partial charge in [0.15, 0.2) is 11.5 Å². The Balaban J connectivity index is 2.00. The van der Waals surface area contributed by atoms with Gasteiger partial charge in [0.2, 0.25) is 0 Å². The van der Waals surface area contributed by atoms with Crippen LogP contribution in [0.1, 0.15) is 33.9 Å². The van der Waals surface area contributed by atoms with E-state index in [1.165, 1.54) is 27.8 Å². The van der Waals surface area contributed by atoms with Gasteiger partial charge in [-0.05, 0) is 74.3 Å². The van der Waals surface area contributed by atoms with E-state index in [0.29, 0.717) is 6.61 Å². The first-order valence-corrected chi connectivity index (χ1v) is 9.29. The van der Waals surface area contributed by atoms with E-state index in [4.69, 9.17) is 9.47 Å². The lowest BCUT2D eigenvalue weighted by Crippen LogP contribution is -2.31. The minimum Gasteiger partial charge on any atom is -0.493 e. The monoisotopic (exact) mass is 354 g/mol. The van der Waals surface area contributed by atoms with Gasteiger partial charge < -0.3 is 19.7 Å². The second-order valence-electron chi connectivity index (χ2n) is 7.30. The highest BCUT2D eigenvalue weighted by Crippen LogP contribution is 2.39. The van der Waals surface area contributed by atoms with Crippen LogP contribution in [0.4, 0.5) is 0 Å². The van der Waals surface area contributed by atoms with Crippen molar-refractivity contribution in [3.63, 3.8) is 0 Å².